The van der Waals surface area contributed by atoms with Crippen LogP contribution in [-0.4, -0.2) is 48.1 Å². The highest BCUT2D eigenvalue weighted by Crippen LogP contribution is 2.16. The van der Waals surface area contributed by atoms with Crippen molar-refractivity contribution in [2.24, 2.45) is 11.8 Å². The highest BCUT2D eigenvalue weighted by Gasteiger charge is 2.21. The Balaban J connectivity index is 2.26. The number of piperidine rings is 1. The number of carboxylic acids is 1. The van der Waals surface area contributed by atoms with E-state index in [1.807, 2.05) is 13.8 Å². The molecule has 0 aromatic heterocycles. The number of carbonyl (C=O) groups excluding carboxylic acids is 1. The Bertz CT molecular complexity index is 292. The summed E-state index contributed by atoms with van der Waals surface area (Å²) in [6.45, 7) is 6.96. The van der Waals surface area contributed by atoms with E-state index in [1.54, 1.807) is 0 Å². The molecule has 1 heterocycles. The smallest absolute Gasteiger partial charge is 0.304 e. The average Bonchev–Trinajstić information content (AvgIpc) is 2.33. The van der Waals surface area contributed by atoms with Gasteiger partial charge in [0.1, 0.15) is 0 Å². The van der Waals surface area contributed by atoms with Crippen LogP contribution in [0.25, 0.3) is 0 Å². The maximum Gasteiger partial charge on any atom is 0.304 e. The van der Waals surface area contributed by atoms with Crippen molar-refractivity contribution in [3.63, 3.8) is 0 Å². The summed E-state index contributed by atoms with van der Waals surface area (Å²) in [5, 5.41) is 11.6. The first-order valence-electron chi connectivity index (χ1n) is 6.71. The van der Waals surface area contributed by atoms with Gasteiger partial charge in [-0.05, 0) is 25.3 Å². The Morgan fingerprint density at radius 1 is 1.44 bits per heavy atom. The van der Waals surface area contributed by atoms with Gasteiger partial charge in [0, 0.05) is 25.6 Å². The maximum atomic E-state index is 11.5. The van der Waals surface area contributed by atoms with Crippen molar-refractivity contribution in [1.29, 1.82) is 0 Å². The molecular weight excluding hydrogens is 232 g/mol. The van der Waals surface area contributed by atoms with Crippen LogP contribution in [0.1, 0.15) is 33.1 Å². The lowest BCUT2D eigenvalue weighted by atomic mass is 9.97. The molecular formula is C13H24N2O3. The molecule has 104 valence electrons. The van der Waals surface area contributed by atoms with Gasteiger partial charge in [-0.15, -0.1) is 0 Å². The fourth-order valence-electron chi connectivity index (χ4n) is 2.22. The topological polar surface area (TPSA) is 69.6 Å². The zero-order valence-electron chi connectivity index (χ0n) is 11.3. The van der Waals surface area contributed by atoms with E-state index < -0.39 is 5.97 Å². The van der Waals surface area contributed by atoms with Crippen molar-refractivity contribution in [3.8, 4) is 0 Å². The van der Waals surface area contributed by atoms with Crippen LogP contribution in [0.5, 0.6) is 0 Å². The summed E-state index contributed by atoms with van der Waals surface area (Å²) in [4.78, 5) is 24.2. The predicted octanol–water partition coefficient (Wildman–Crippen LogP) is 0.945. The molecule has 0 bridgehead atoms. The van der Waals surface area contributed by atoms with E-state index in [4.69, 9.17) is 5.11 Å². The molecule has 18 heavy (non-hydrogen) atoms. The summed E-state index contributed by atoms with van der Waals surface area (Å²) in [6.07, 6.45) is 2.40. The van der Waals surface area contributed by atoms with Gasteiger partial charge < -0.3 is 15.3 Å². The van der Waals surface area contributed by atoms with Crippen molar-refractivity contribution in [2.75, 3.05) is 26.2 Å². The molecule has 1 rings (SSSR count). The zero-order chi connectivity index (χ0) is 13.5. The molecule has 1 aliphatic heterocycles. The van der Waals surface area contributed by atoms with E-state index in [0.717, 1.165) is 25.9 Å². The first-order chi connectivity index (χ1) is 8.49. The summed E-state index contributed by atoms with van der Waals surface area (Å²) < 4.78 is 0. The van der Waals surface area contributed by atoms with E-state index in [0.29, 0.717) is 19.0 Å². The Morgan fingerprint density at radius 3 is 2.78 bits per heavy atom. The first-order valence-corrected chi connectivity index (χ1v) is 6.71. The van der Waals surface area contributed by atoms with Crippen molar-refractivity contribution in [1.82, 2.24) is 10.2 Å². The van der Waals surface area contributed by atoms with Crippen LogP contribution in [-0.2, 0) is 9.59 Å². The van der Waals surface area contributed by atoms with Gasteiger partial charge in [-0.1, -0.05) is 13.8 Å². The molecule has 0 unspecified atom stereocenters. The molecule has 1 fully saturated rings. The minimum absolute atomic E-state index is 0.0247. The fourth-order valence-corrected chi connectivity index (χ4v) is 2.22. The number of hydrogen-bond donors (Lipinski definition) is 2. The molecule has 0 radical (unpaired) electrons. The third-order valence-electron chi connectivity index (χ3n) is 3.33. The number of carbonyl (C=O) groups is 2. The van der Waals surface area contributed by atoms with Crippen LogP contribution < -0.4 is 5.32 Å². The number of rotatable bonds is 6. The SMILES string of the molecule is CC(C)C(=O)NC[C@@H]1CCCN(CCC(=O)O)C1. The summed E-state index contributed by atoms with van der Waals surface area (Å²) in [5.41, 5.74) is 0. The van der Waals surface area contributed by atoms with Crippen LogP contribution in [0.2, 0.25) is 0 Å². The number of amides is 1. The molecule has 1 atom stereocenters. The minimum Gasteiger partial charge on any atom is -0.481 e. The number of aliphatic carboxylic acids is 1. The Kier molecular flexibility index (Phi) is 6.12. The van der Waals surface area contributed by atoms with E-state index >= 15 is 0 Å². The number of nitrogens with zero attached hydrogens (tertiary/aromatic N) is 1. The highest BCUT2D eigenvalue weighted by molar-refractivity contribution is 5.77. The van der Waals surface area contributed by atoms with E-state index in [2.05, 4.69) is 10.2 Å². The normalized spacial score (nSPS) is 20.9. The average molecular weight is 256 g/mol. The Hall–Kier alpha value is -1.10. The summed E-state index contributed by atoms with van der Waals surface area (Å²) in [6, 6.07) is 0. The standard InChI is InChI=1S/C13H24N2O3/c1-10(2)13(18)14-8-11-4-3-6-15(9-11)7-5-12(16)17/h10-11H,3-9H2,1-2H3,(H,14,18)(H,16,17)/t11-/m0/s1. The van der Waals surface area contributed by atoms with Crippen molar-refractivity contribution >= 4 is 11.9 Å². The second-order valence-electron chi connectivity index (χ2n) is 5.35. The molecule has 2 N–H and O–H groups in total. The number of nitrogens with one attached hydrogen (secondary N) is 1. The second-order valence-corrected chi connectivity index (χ2v) is 5.35. The summed E-state index contributed by atoms with van der Waals surface area (Å²) >= 11 is 0. The van der Waals surface area contributed by atoms with Gasteiger partial charge >= 0.3 is 5.97 Å². The lowest BCUT2D eigenvalue weighted by Crippen LogP contribution is -2.42. The molecule has 0 aromatic carbocycles. The minimum atomic E-state index is -0.745. The molecule has 0 saturated carbocycles. The molecule has 1 saturated heterocycles. The molecule has 5 nitrogen and oxygen atoms in total. The van der Waals surface area contributed by atoms with Crippen LogP contribution >= 0.6 is 0 Å². The largest absolute Gasteiger partial charge is 0.481 e. The summed E-state index contributed by atoms with van der Waals surface area (Å²) in [7, 11) is 0. The van der Waals surface area contributed by atoms with Crippen LogP contribution in [0.15, 0.2) is 0 Å². The van der Waals surface area contributed by atoms with Gasteiger partial charge in [-0.2, -0.15) is 0 Å². The molecule has 0 aliphatic carbocycles. The Morgan fingerprint density at radius 2 is 2.17 bits per heavy atom. The number of likely N-dealkylation sites (tertiary alicyclic amines) is 1. The van der Waals surface area contributed by atoms with Crippen LogP contribution in [0.4, 0.5) is 0 Å². The second kappa shape index (κ2) is 7.36. The Labute approximate surface area is 109 Å². The zero-order valence-corrected chi connectivity index (χ0v) is 11.3. The van der Waals surface area contributed by atoms with Gasteiger partial charge in [-0.25, -0.2) is 0 Å². The van der Waals surface area contributed by atoms with Crippen molar-refractivity contribution in [2.45, 2.75) is 33.1 Å². The third-order valence-corrected chi connectivity index (χ3v) is 3.33. The fraction of sp³-hybridized carbons (Fsp3) is 0.846. The quantitative estimate of drug-likeness (QED) is 0.742. The first kappa shape index (κ1) is 15.0. The van der Waals surface area contributed by atoms with E-state index in [9.17, 15) is 9.59 Å². The summed E-state index contributed by atoms with van der Waals surface area (Å²) in [5.74, 6) is -0.171. The maximum absolute atomic E-state index is 11.5. The van der Waals surface area contributed by atoms with E-state index in [-0.39, 0.29) is 18.2 Å². The van der Waals surface area contributed by atoms with Gasteiger partial charge in [0.2, 0.25) is 5.91 Å². The van der Waals surface area contributed by atoms with Crippen LogP contribution in [0.3, 0.4) is 0 Å². The van der Waals surface area contributed by atoms with E-state index in [1.165, 1.54) is 0 Å². The van der Waals surface area contributed by atoms with Crippen molar-refractivity contribution < 1.29 is 14.7 Å². The third kappa shape index (κ3) is 5.49. The van der Waals surface area contributed by atoms with Gasteiger partial charge in [0.25, 0.3) is 0 Å². The molecule has 1 amide bonds. The number of hydrogen-bond acceptors (Lipinski definition) is 3. The molecule has 0 aromatic rings. The van der Waals surface area contributed by atoms with Crippen molar-refractivity contribution in [3.05, 3.63) is 0 Å². The van der Waals surface area contributed by atoms with Gasteiger partial charge in [0.15, 0.2) is 0 Å². The number of carboxylic acid groups (broad SMARTS) is 1. The van der Waals surface area contributed by atoms with Gasteiger partial charge in [-0.3, -0.25) is 9.59 Å². The van der Waals surface area contributed by atoms with Crippen LogP contribution in [0, 0.1) is 11.8 Å². The van der Waals surface area contributed by atoms with Gasteiger partial charge in [0.05, 0.1) is 6.42 Å². The highest BCUT2D eigenvalue weighted by atomic mass is 16.4. The molecule has 1 aliphatic rings. The lowest BCUT2D eigenvalue weighted by Gasteiger charge is -2.32. The lowest BCUT2D eigenvalue weighted by molar-refractivity contribution is -0.137. The molecule has 5 heteroatoms. The predicted molar refractivity (Wildman–Crippen MR) is 69.3 cm³/mol. The monoisotopic (exact) mass is 256 g/mol. The molecule has 0 spiro atoms.